The third-order valence-corrected chi connectivity index (χ3v) is 4.34. The molecule has 0 aliphatic carbocycles. The van der Waals surface area contributed by atoms with Crippen LogP contribution in [0.25, 0.3) is 0 Å². The Morgan fingerprint density at radius 3 is 2.61 bits per heavy atom. The number of hydrogen-bond acceptors (Lipinski definition) is 5. The number of likely N-dealkylation sites (tertiary alicyclic amines) is 1. The van der Waals surface area contributed by atoms with Gasteiger partial charge in [0.25, 0.3) is 0 Å². The van der Waals surface area contributed by atoms with E-state index in [-0.39, 0.29) is 17.7 Å². The zero-order valence-corrected chi connectivity index (χ0v) is 14.8. The van der Waals surface area contributed by atoms with Gasteiger partial charge in [0.15, 0.2) is 0 Å². The molecule has 1 aliphatic heterocycles. The lowest BCUT2D eigenvalue weighted by atomic mass is 10.0. The van der Waals surface area contributed by atoms with Crippen molar-refractivity contribution in [2.24, 2.45) is 0 Å². The lowest BCUT2D eigenvalue weighted by Gasteiger charge is -2.33. The summed E-state index contributed by atoms with van der Waals surface area (Å²) >= 11 is 0. The Morgan fingerprint density at radius 1 is 1.18 bits per heavy atom. The number of piperidine rings is 1. The molecule has 1 unspecified atom stereocenters. The summed E-state index contributed by atoms with van der Waals surface area (Å²) < 4.78 is 67.0. The molecule has 1 aromatic heterocycles. The molecule has 10 heteroatoms. The molecule has 0 bridgehead atoms. The van der Waals surface area contributed by atoms with Gasteiger partial charge in [0.1, 0.15) is 11.4 Å². The van der Waals surface area contributed by atoms with Crippen LogP contribution in [0.3, 0.4) is 0 Å². The molecule has 0 spiro atoms. The van der Waals surface area contributed by atoms with Gasteiger partial charge in [-0.3, -0.25) is 4.90 Å². The second-order valence-electron chi connectivity index (χ2n) is 6.50. The van der Waals surface area contributed by atoms with E-state index in [0.717, 1.165) is 37.2 Å². The molecule has 1 atom stereocenters. The van der Waals surface area contributed by atoms with Gasteiger partial charge in [-0.05, 0) is 43.1 Å². The van der Waals surface area contributed by atoms with Crippen molar-refractivity contribution in [2.45, 2.75) is 38.2 Å². The molecule has 2 aromatic rings. The number of ether oxygens (including phenoxy) is 1. The Labute approximate surface area is 158 Å². The molecular weight excluding hydrogens is 383 g/mol. The van der Waals surface area contributed by atoms with E-state index in [1.165, 1.54) is 12.1 Å². The minimum absolute atomic E-state index is 0.0461. The molecule has 152 valence electrons. The van der Waals surface area contributed by atoms with Crippen molar-refractivity contribution in [1.82, 2.24) is 14.9 Å². The SMILES string of the molecule is FC(F)Oc1ccc(CN2CCCC(Nc3nccc(C(F)(F)F)n3)C2)cc1. The maximum atomic E-state index is 12.8. The highest BCUT2D eigenvalue weighted by Crippen LogP contribution is 2.28. The number of hydrogen-bond donors (Lipinski definition) is 1. The van der Waals surface area contributed by atoms with Gasteiger partial charge < -0.3 is 10.1 Å². The van der Waals surface area contributed by atoms with Crippen LogP contribution in [0.1, 0.15) is 24.1 Å². The second-order valence-corrected chi connectivity index (χ2v) is 6.50. The summed E-state index contributed by atoms with van der Waals surface area (Å²) in [6.07, 6.45) is -1.78. The van der Waals surface area contributed by atoms with Crippen LogP contribution in [0.2, 0.25) is 0 Å². The smallest absolute Gasteiger partial charge is 0.433 e. The number of aromatic nitrogens is 2. The van der Waals surface area contributed by atoms with E-state index in [4.69, 9.17) is 0 Å². The number of alkyl halides is 5. The third kappa shape index (κ3) is 5.75. The first-order valence-corrected chi connectivity index (χ1v) is 8.72. The number of nitrogens with zero attached hydrogens (tertiary/aromatic N) is 3. The van der Waals surface area contributed by atoms with E-state index in [2.05, 4.69) is 24.9 Å². The van der Waals surface area contributed by atoms with E-state index in [9.17, 15) is 22.0 Å². The lowest BCUT2D eigenvalue weighted by Crippen LogP contribution is -2.42. The monoisotopic (exact) mass is 402 g/mol. The summed E-state index contributed by atoms with van der Waals surface area (Å²) in [5, 5.41) is 2.97. The maximum Gasteiger partial charge on any atom is 0.433 e. The first kappa shape index (κ1) is 20.2. The number of halogens is 5. The van der Waals surface area contributed by atoms with E-state index in [1.54, 1.807) is 12.1 Å². The summed E-state index contributed by atoms with van der Waals surface area (Å²) in [4.78, 5) is 9.55. The normalized spacial score (nSPS) is 18.3. The Morgan fingerprint density at radius 2 is 1.93 bits per heavy atom. The third-order valence-electron chi connectivity index (χ3n) is 4.34. The first-order valence-electron chi connectivity index (χ1n) is 8.72. The zero-order valence-electron chi connectivity index (χ0n) is 14.8. The minimum atomic E-state index is -4.52. The van der Waals surface area contributed by atoms with E-state index in [1.807, 2.05) is 0 Å². The predicted octanol–water partition coefficient (Wildman–Crippen LogP) is 4.17. The highest BCUT2D eigenvalue weighted by Gasteiger charge is 2.33. The molecular formula is C18H19F5N4O. The number of nitrogens with one attached hydrogen (secondary N) is 1. The summed E-state index contributed by atoms with van der Waals surface area (Å²) in [6, 6.07) is 7.14. The molecule has 0 radical (unpaired) electrons. The summed E-state index contributed by atoms with van der Waals surface area (Å²) in [6.45, 7) is -0.833. The van der Waals surface area contributed by atoms with Crippen LogP contribution in [-0.2, 0) is 12.7 Å². The van der Waals surface area contributed by atoms with Gasteiger partial charge in [0.05, 0.1) is 0 Å². The largest absolute Gasteiger partial charge is 0.435 e. The molecule has 2 heterocycles. The van der Waals surface area contributed by atoms with Gasteiger partial charge >= 0.3 is 12.8 Å². The van der Waals surface area contributed by atoms with Crippen molar-refractivity contribution >= 4 is 5.95 Å². The maximum absolute atomic E-state index is 12.8. The van der Waals surface area contributed by atoms with Crippen molar-refractivity contribution in [3.63, 3.8) is 0 Å². The fourth-order valence-corrected chi connectivity index (χ4v) is 3.12. The number of anilines is 1. The number of benzene rings is 1. The van der Waals surface area contributed by atoms with Crippen LogP contribution in [0.5, 0.6) is 5.75 Å². The van der Waals surface area contributed by atoms with E-state index < -0.39 is 18.5 Å². The molecule has 1 aliphatic rings. The second kappa shape index (κ2) is 8.68. The fourth-order valence-electron chi connectivity index (χ4n) is 3.12. The van der Waals surface area contributed by atoms with Crippen molar-refractivity contribution in [1.29, 1.82) is 0 Å². The van der Waals surface area contributed by atoms with Crippen LogP contribution < -0.4 is 10.1 Å². The first-order chi connectivity index (χ1) is 13.3. The summed E-state index contributed by atoms with van der Waals surface area (Å²) in [5.74, 6) is 0.0498. The lowest BCUT2D eigenvalue weighted by molar-refractivity contribution is -0.141. The van der Waals surface area contributed by atoms with Crippen molar-refractivity contribution in [3.05, 3.63) is 47.8 Å². The van der Waals surface area contributed by atoms with Crippen LogP contribution in [0.4, 0.5) is 27.9 Å². The Balaban J connectivity index is 1.57. The average molecular weight is 402 g/mol. The topological polar surface area (TPSA) is 50.3 Å². The molecule has 1 saturated heterocycles. The molecule has 3 rings (SSSR count). The van der Waals surface area contributed by atoms with Crippen LogP contribution in [0, 0.1) is 0 Å². The number of rotatable bonds is 6. The molecule has 0 saturated carbocycles. The van der Waals surface area contributed by atoms with E-state index in [0.29, 0.717) is 13.1 Å². The van der Waals surface area contributed by atoms with Gasteiger partial charge in [0, 0.05) is 25.3 Å². The van der Waals surface area contributed by atoms with Crippen LogP contribution in [-0.4, -0.2) is 40.6 Å². The van der Waals surface area contributed by atoms with Gasteiger partial charge in [-0.1, -0.05) is 12.1 Å². The Bertz CT molecular complexity index is 769. The van der Waals surface area contributed by atoms with Gasteiger partial charge in [-0.15, -0.1) is 0 Å². The van der Waals surface area contributed by atoms with Crippen LogP contribution >= 0.6 is 0 Å². The molecule has 0 amide bonds. The summed E-state index contributed by atoms with van der Waals surface area (Å²) in [5.41, 5.74) is -0.0543. The average Bonchev–Trinajstić information content (AvgIpc) is 2.63. The van der Waals surface area contributed by atoms with Gasteiger partial charge in [-0.25, -0.2) is 9.97 Å². The van der Waals surface area contributed by atoms with Crippen LogP contribution in [0.15, 0.2) is 36.5 Å². The standard InChI is InChI=1S/C18H19F5N4O/c19-16(20)28-14-5-3-12(4-6-14)10-27-9-1-2-13(11-27)25-17-24-8-7-15(26-17)18(21,22)23/h3-8,13,16H,1-2,9-11H2,(H,24,25,26). The fraction of sp³-hybridized carbons (Fsp3) is 0.444. The molecule has 1 aromatic carbocycles. The minimum Gasteiger partial charge on any atom is -0.435 e. The summed E-state index contributed by atoms with van der Waals surface area (Å²) in [7, 11) is 0. The molecule has 28 heavy (non-hydrogen) atoms. The van der Waals surface area contributed by atoms with Gasteiger partial charge in [0.2, 0.25) is 5.95 Å². The predicted molar refractivity (Wildman–Crippen MR) is 92.0 cm³/mol. The Kier molecular flexibility index (Phi) is 6.28. The highest BCUT2D eigenvalue weighted by molar-refractivity contribution is 5.29. The molecule has 1 N–H and O–H groups in total. The quantitative estimate of drug-likeness (QED) is 0.735. The van der Waals surface area contributed by atoms with Crippen molar-refractivity contribution in [3.8, 4) is 5.75 Å². The Hall–Kier alpha value is -2.49. The van der Waals surface area contributed by atoms with Crippen molar-refractivity contribution in [2.75, 3.05) is 18.4 Å². The van der Waals surface area contributed by atoms with E-state index >= 15 is 0 Å². The zero-order chi connectivity index (χ0) is 20.1. The highest BCUT2D eigenvalue weighted by atomic mass is 19.4. The molecule has 5 nitrogen and oxygen atoms in total. The van der Waals surface area contributed by atoms with Crippen molar-refractivity contribution < 1.29 is 26.7 Å². The molecule has 1 fully saturated rings. The van der Waals surface area contributed by atoms with Gasteiger partial charge in [-0.2, -0.15) is 22.0 Å².